The molecule has 1 aliphatic rings. The average Bonchev–Trinajstić information content (AvgIpc) is 2.88. The summed E-state index contributed by atoms with van der Waals surface area (Å²) in [6.45, 7) is 7.56. The average molecular weight is 297 g/mol. The minimum Gasteiger partial charge on any atom is -0.381 e. The molecule has 1 aliphatic heterocycles. The molecule has 2 rings (SSSR count). The summed E-state index contributed by atoms with van der Waals surface area (Å²) in [5.74, 6) is 0.123. The van der Waals surface area contributed by atoms with Gasteiger partial charge < -0.3 is 9.47 Å². The van der Waals surface area contributed by atoms with E-state index in [2.05, 4.69) is 25.8 Å². The summed E-state index contributed by atoms with van der Waals surface area (Å²) in [7, 11) is 1.62. The van der Waals surface area contributed by atoms with E-state index in [-0.39, 0.29) is 11.2 Å². The Morgan fingerprint density at radius 2 is 2.10 bits per heavy atom. The van der Waals surface area contributed by atoms with Gasteiger partial charge in [0, 0.05) is 44.0 Å². The van der Waals surface area contributed by atoms with E-state index in [0.717, 1.165) is 10.7 Å². The number of rotatable bonds is 4. The zero-order valence-corrected chi connectivity index (χ0v) is 13.5. The summed E-state index contributed by atoms with van der Waals surface area (Å²) in [5, 5.41) is 2.93. The van der Waals surface area contributed by atoms with Gasteiger partial charge in [-0.3, -0.25) is 4.79 Å². The summed E-state index contributed by atoms with van der Waals surface area (Å²) in [5.41, 5.74) is 0.394. The molecule has 4 nitrogen and oxygen atoms in total. The third-order valence-corrected chi connectivity index (χ3v) is 4.68. The van der Waals surface area contributed by atoms with Crippen LogP contribution in [0.5, 0.6) is 0 Å². The normalized spacial score (nSPS) is 19.0. The Hall–Kier alpha value is -0.780. The molecule has 1 fully saturated rings. The minimum absolute atomic E-state index is 0.0232. The quantitative estimate of drug-likeness (QED) is 0.857. The van der Waals surface area contributed by atoms with Gasteiger partial charge in [-0.1, -0.05) is 20.8 Å². The van der Waals surface area contributed by atoms with Crippen LogP contribution in [0.4, 0.5) is 0 Å². The monoisotopic (exact) mass is 297 g/mol. The van der Waals surface area contributed by atoms with Crippen molar-refractivity contribution in [2.24, 2.45) is 0 Å². The Morgan fingerprint density at radius 3 is 2.60 bits per heavy atom. The van der Waals surface area contributed by atoms with Crippen LogP contribution in [-0.4, -0.2) is 36.7 Å². The van der Waals surface area contributed by atoms with Crippen LogP contribution in [0, 0.1) is 0 Å². The van der Waals surface area contributed by atoms with Crippen LogP contribution in [0.2, 0.25) is 0 Å². The van der Waals surface area contributed by atoms with Gasteiger partial charge in [0.1, 0.15) is 10.6 Å². The second-order valence-electron chi connectivity index (χ2n) is 6.29. The van der Waals surface area contributed by atoms with Gasteiger partial charge >= 0.3 is 0 Å². The highest BCUT2D eigenvalue weighted by Crippen LogP contribution is 2.29. The van der Waals surface area contributed by atoms with E-state index in [1.165, 1.54) is 0 Å². The highest BCUT2D eigenvalue weighted by atomic mass is 32.1. The first-order valence-corrected chi connectivity index (χ1v) is 7.86. The molecule has 0 aromatic carbocycles. The van der Waals surface area contributed by atoms with Crippen molar-refractivity contribution < 1.29 is 14.3 Å². The molecule has 1 aromatic heterocycles. The molecule has 112 valence electrons. The van der Waals surface area contributed by atoms with Crippen LogP contribution in [-0.2, 0) is 26.1 Å². The molecule has 0 radical (unpaired) electrons. The number of hydrogen-bond donors (Lipinski definition) is 0. The Morgan fingerprint density at radius 1 is 1.45 bits per heavy atom. The standard InChI is InChI=1S/C15H23NO3S/c1-14(2,3)11-10-20-13(16-11)9-12(17)15(18-4)5-7-19-8-6-15/h10H,5-9H2,1-4H3. The van der Waals surface area contributed by atoms with Gasteiger partial charge in [0.05, 0.1) is 12.1 Å². The molecule has 2 heterocycles. The van der Waals surface area contributed by atoms with Gasteiger partial charge in [-0.2, -0.15) is 0 Å². The van der Waals surface area contributed by atoms with Crippen LogP contribution in [0.25, 0.3) is 0 Å². The summed E-state index contributed by atoms with van der Waals surface area (Å²) in [6, 6.07) is 0. The highest BCUT2D eigenvalue weighted by molar-refractivity contribution is 7.09. The van der Waals surface area contributed by atoms with E-state index in [0.29, 0.717) is 32.5 Å². The van der Waals surface area contributed by atoms with Gasteiger partial charge in [-0.25, -0.2) is 4.98 Å². The molecule has 0 N–H and O–H groups in total. The van der Waals surface area contributed by atoms with Crippen molar-refractivity contribution in [3.05, 3.63) is 16.1 Å². The zero-order chi connectivity index (χ0) is 14.8. The van der Waals surface area contributed by atoms with Crippen LogP contribution < -0.4 is 0 Å². The van der Waals surface area contributed by atoms with E-state index < -0.39 is 5.60 Å². The van der Waals surface area contributed by atoms with Gasteiger partial charge in [0.15, 0.2) is 5.78 Å². The van der Waals surface area contributed by atoms with Crippen LogP contribution in [0.1, 0.15) is 44.3 Å². The van der Waals surface area contributed by atoms with Crippen molar-refractivity contribution in [1.82, 2.24) is 4.98 Å². The first kappa shape index (κ1) is 15.6. The van der Waals surface area contributed by atoms with E-state index in [4.69, 9.17) is 9.47 Å². The lowest BCUT2D eigenvalue weighted by atomic mass is 9.88. The lowest BCUT2D eigenvalue weighted by Crippen LogP contribution is -2.46. The molecule has 1 saturated heterocycles. The molecule has 0 amide bonds. The number of methoxy groups -OCH3 is 1. The third-order valence-electron chi connectivity index (χ3n) is 3.83. The number of carbonyl (C=O) groups excluding carboxylic acids is 1. The lowest BCUT2D eigenvalue weighted by Gasteiger charge is -2.34. The molecule has 0 atom stereocenters. The second-order valence-corrected chi connectivity index (χ2v) is 7.23. The molecule has 0 bridgehead atoms. The van der Waals surface area contributed by atoms with E-state index in [1.807, 2.05) is 5.38 Å². The Labute approximate surface area is 124 Å². The summed E-state index contributed by atoms with van der Waals surface area (Å²) >= 11 is 1.56. The zero-order valence-electron chi connectivity index (χ0n) is 12.7. The van der Waals surface area contributed by atoms with Crippen molar-refractivity contribution in [2.75, 3.05) is 20.3 Å². The highest BCUT2D eigenvalue weighted by Gasteiger charge is 2.40. The Bertz CT molecular complexity index is 470. The first-order chi connectivity index (χ1) is 9.37. The molecular formula is C15H23NO3S. The van der Waals surface area contributed by atoms with Gasteiger partial charge in [0.2, 0.25) is 0 Å². The summed E-state index contributed by atoms with van der Waals surface area (Å²) in [4.78, 5) is 17.2. The van der Waals surface area contributed by atoms with E-state index in [9.17, 15) is 4.79 Å². The maximum Gasteiger partial charge on any atom is 0.171 e. The fourth-order valence-corrected chi connectivity index (χ4v) is 3.35. The number of ketones is 1. The first-order valence-electron chi connectivity index (χ1n) is 6.98. The van der Waals surface area contributed by atoms with Crippen LogP contribution in [0.3, 0.4) is 0 Å². The van der Waals surface area contributed by atoms with E-state index >= 15 is 0 Å². The predicted molar refractivity (Wildman–Crippen MR) is 79.3 cm³/mol. The number of Topliss-reactive ketones (excluding diaryl/α,β-unsaturated/α-hetero) is 1. The van der Waals surface area contributed by atoms with Crippen LogP contribution >= 0.6 is 11.3 Å². The largest absolute Gasteiger partial charge is 0.381 e. The fraction of sp³-hybridized carbons (Fsp3) is 0.733. The van der Waals surface area contributed by atoms with Crippen LogP contribution in [0.15, 0.2) is 5.38 Å². The van der Waals surface area contributed by atoms with Gasteiger partial charge in [0.25, 0.3) is 0 Å². The van der Waals surface area contributed by atoms with Crippen molar-refractivity contribution in [3.63, 3.8) is 0 Å². The Balaban J connectivity index is 2.09. The molecule has 5 heteroatoms. The predicted octanol–water partition coefficient (Wildman–Crippen LogP) is 2.75. The summed E-state index contributed by atoms with van der Waals surface area (Å²) in [6.07, 6.45) is 1.63. The minimum atomic E-state index is -0.675. The number of ether oxygens (including phenoxy) is 2. The molecule has 1 aromatic rings. The molecule has 0 aliphatic carbocycles. The number of hydrogen-bond acceptors (Lipinski definition) is 5. The second kappa shape index (κ2) is 5.92. The molecular weight excluding hydrogens is 274 g/mol. The Kier molecular flexibility index (Phi) is 4.62. The molecule has 0 saturated carbocycles. The number of nitrogens with zero attached hydrogens (tertiary/aromatic N) is 1. The number of thiazole rings is 1. The smallest absolute Gasteiger partial charge is 0.171 e. The molecule has 20 heavy (non-hydrogen) atoms. The molecule has 0 unspecified atom stereocenters. The van der Waals surface area contributed by atoms with Gasteiger partial charge in [-0.15, -0.1) is 11.3 Å². The van der Waals surface area contributed by atoms with Crippen molar-refractivity contribution in [3.8, 4) is 0 Å². The SMILES string of the molecule is COC1(C(=O)Cc2nc(C(C)(C)C)cs2)CCOCC1. The fourth-order valence-electron chi connectivity index (χ4n) is 2.33. The number of carbonyl (C=O) groups is 1. The third kappa shape index (κ3) is 3.27. The lowest BCUT2D eigenvalue weighted by molar-refractivity contribution is -0.151. The topological polar surface area (TPSA) is 48.4 Å². The molecule has 0 spiro atoms. The maximum atomic E-state index is 12.6. The van der Waals surface area contributed by atoms with Gasteiger partial charge in [-0.05, 0) is 0 Å². The number of aromatic nitrogens is 1. The van der Waals surface area contributed by atoms with E-state index in [1.54, 1.807) is 18.4 Å². The van der Waals surface area contributed by atoms with Crippen molar-refractivity contribution >= 4 is 17.1 Å². The van der Waals surface area contributed by atoms with Crippen molar-refractivity contribution in [1.29, 1.82) is 0 Å². The maximum absolute atomic E-state index is 12.6. The summed E-state index contributed by atoms with van der Waals surface area (Å²) < 4.78 is 10.9. The van der Waals surface area contributed by atoms with Crippen molar-refractivity contribution in [2.45, 2.75) is 51.0 Å².